The summed E-state index contributed by atoms with van der Waals surface area (Å²) >= 11 is 13.8. The zero-order valence-electron chi connectivity index (χ0n) is 24.7. The smallest absolute Gasteiger partial charge is 0.272 e. The fraction of sp³-hybridized carbons (Fsp3) is 0.0541. The van der Waals surface area contributed by atoms with Crippen molar-refractivity contribution in [3.8, 4) is 0 Å². The zero-order valence-corrected chi connectivity index (χ0v) is 27.0. The number of carbonyl (C=O) groups excluding carboxylic acids is 3. The molecule has 9 heteroatoms. The second kappa shape index (κ2) is 15.5. The van der Waals surface area contributed by atoms with Gasteiger partial charge in [0, 0.05) is 21.2 Å². The van der Waals surface area contributed by atoms with E-state index < -0.39 is 17.1 Å². The number of halogens is 2. The van der Waals surface area contributed by atoms with Crippen molar-refractivity contribution in [3.63, 3.8) is 0 Å². The van der Waals surface area contributed by atoms with Gasteiger partial charge in [-0.3, -0.25) is 14.4 Å². The molecule has 0 aliphatic rings. The first-order valence-corrected chi connectivity index (χ1v) is 15.9. The molecule has 3 amide bonds. The Morgan fingerprint density at radius 3 is 2.09 bits per heavy atom. The van der Waals surface area contributed by atoms with Gasteiger partial charge in [0.05, 0.1) is 10.7 Å². The van der Waals surface area contributed by atoms with Crippen LogP contribution in [0.25, 0.3) is 6.08 Å². The van der Waals surface area contributed by atoms with Gasteiger partial charge in [0.25, 0.3) is 11.8 Å². The summed E-state index contributed by atoms with van der Waals surface area (Å²) in [6, 6.07) is 37.7. The van der Waals surface area contributed by atoms with E-state index in [0.29, 0.717) is 27.0 Å². The van der Waals surface area contributed by atoms with Gasteiger partial charge in [-0.05, 0) is 84.3 Å². The van der Waals surface area contributed by atoms with Crippen LogP contribution < -0.4 is 16.0 Å². The molecule has 0 saturated carbocycles. The van der Waals surface area contributed by atoms with Gasteiger partial charge in [-0.25, -0.2) is 0 Å². The van der Waals surface area contributed by atoms with Gasteiger partial charge in [0.2, 0.25) is 5.91 Å². The van der Waals surface area contributed by atoms with Crippen LogP contribution >= 0.6 is 35.0 Å². The highest BCUT2D eigenvalue weighted by Gasteiger charge is 2.23. The van der Waals surface area contributed by atoms with Crippen LogP contribution in [0.2, 0.25) is 10.0 Å². The number of hydrogen-bond acceptors (Lipinski definition) is 4. The van der Waals surface area contributed by atoms with Gasteiger partial charge in [-0.15, -0.1) is 11.8 Å². The predicted octanol–water partition coefficient (Wildman–Crippen LogP) is 9.18. The van der Waals surface area contributed by atoms with Crippen LogP contribution in [0.4, 0.5) is 11.4 Å². The van der Waals surface area contributed by atoms with Gasteiger partial charge in [0.1, 0.15) is 10.9 Å². The third kappa shape index (κ3) is 8.67. The summed E-state index contributed by atoms with van der Waals surface area (Å²) in [5.41, 5.74) is 4.04. The van der Waals surface area contributed by atoms with E-state index in [1.54, 1.807) is 60.7 Å². The van der Waals surface area contributed by atoms with Crippen molar-refractivity contribution in [2.75, 3.05) is 10.6 Å². The predicted molar refractivity (Wildman–Crippen MR) is 188 cm³/mol. The standard InChI is InChI=1S/C37H29Cl2N3O3S/c1-24-10-8-9-15-27(24)22-33(42-35(43)26-13-6-3-7-14-26)36(44)40-29-17-19-30(20-18-29)46-34(25-11-4-2-5-12-25)37(45)41-32-23-28(38)16-21-31(32)39/h2-23,34H,1H3,(H,40,44)(H,41,45)(H,42,43)/b33-22-. The van der Waals surface area contributed by atoms with Crippen molar-refractivity contribution in [1.82, 2.24) is 5.32 Å². The topological polar surface area (TPSA) is 87.3 Å². The lowest BCUT2D eigenvalue weighted by Crippen LogP contribution is -2.30. The number of aryl methyl sites for hydroxylation is 1. The highest BCUT2D eigenvalue weighted by molar-refractivity contribution is 8.00. The number of hydrogen-bond donors (Lipinski definition) is 3. The number of nitrogens with one attached hydrogen (secondary N) is 3. The Bertz CT molecular complexity index is 1880. The Balaban J connectivity index is 1.34. The van der Waals surface area contributed by atoms with E-state index in [1.165, 1.54) is 11.8 Å². The second-order valence-corrected chi connectivity index (χ2v) is 12.3. The lowest BCUT2D eigenvalue weighted by Gasteiger charge is -2.18. The molecule has 230 valence electrons. The largest absolute Gasteiger partial charge is 0.323 e. The molecule has 0 aliphatic carbocycles. The molecule has 46 heavy (non-hydrogen) atoms. The summed E-state index contributed by atoms with van der Waals surface area (Å²) in [6.07, 6.45) is 1.66. The van der Waals surface area contributed by atoms with E-state index in [0.717, 1.165) is 21.6 Å². The Kier molecular flexibility index (Phi) is 10.9. The molecule has 3 N–H and O–H groups in total. The number of anilines is 2. The molecule has 0 aliphatic heterocycles. The molecule has 1 unspecified atom stereocenters. The van der Waals surface area contributed by atoms with Gasteiger partial charge >= 0.3 is 0 Å². The third-order valence-corrected chi connectivity index (χ3v) is 8.74. The monoisotopic (exact) mass is 665 g/mol. The average Bonchev–Trinajstić information content (AvgIpc) is 3.07. The molecule has 0 saturated heterocycles. The minimum absolute atomic E-state index is 0.0992. The normalized spacial score (nSPS) is 11.8. The molecule has 5 rings (SSSR count). The maximum atomic E-state index is 13.5. The summed E-state index contributed by atoms with van der Waals surface area (Å²) in [5, 5.41) is 8.78. The molecule has 0 spiro atoms. The fourth-order valence-corrected chi connectivity index (χ4v) is 5.85. The summed E-state index contributed by atoms with van der Waals surface area (Å²) < 4.78 is 0. The van der Waals surface area contributed by atoms with Gasteiger partial charge < -0.3 is 16.0 Å². The van der Waals surface area contributed by atoms with Crippen molar-refractivity contribution >= 4 is 70.1 Å². The highest BCUT2D eigenvalue weighted by atomic mass is 35.5. The van der Waals surface area contributed by atoms with Crippen LogP contribution in [0.5, 0.6) is 0 Å². The van der Waals surface area contributed by atoms with E-state index in [2.05, 4.69) is 16.0 Å². The van der Waals surface area contributed by atoms with Crippen molar-refractivity contribution in [1.29, 1.82) is 0 Å². The number of amides is 3. The second-order valence-electron chi connectivity index (χ2n) is 10.2. The molecule has 5 aromatic carbocycles. The van der Waals surface area contributed by atoms with Crippen LogP contribution in [0.3, 0.4) is 0 Å². The van der Waals surface area contributed by atoms with Crippen molar-refractivity contribution < 1.29 is 14.4 Å². The van der Waals surface area contributed by atoms with E-state index in [1.807, 2.05) is 79.7 Å². The molecule has 0 fully saturated rings. The van der Waals surface area contributed by atoms with Gasteiger partial charge in [-0.2, -0.15) is 0 Å². The van der Waals surface area contributed by atoms with Crippen LogP contribution in [0.1, 0.15) is 32.3 Å². The van der Waals surface area contributed by atoms with Crippen LogP contribution in [-0.4, -0.2) is 17.7 Å². The summed E-state index contributed by atoms with van der Waals surface area (Å²) in [7, 11) is 0. The fourth-order valence-electron chi connectivity index (χ4n) is 4.49. The summed E-state index contributed by atoms with van der Waals surface area (Å²) in [6.45, 7) is 1.93. The molecular formula is C37H29Cl2N3O3S. The molecule has 0 radical (unpaired) electrons. The van der Waals surface area contributed by atoms with Gasteiger partial charge in [-0.1, -0.05) is 96.0 Å². The molecule has 6 nitrogen and oxygen atoms in total. The maximum absolute atomic E-state index is 13.5. The molecule has 0 bridgehead atoms. The van der Waals surface area contributed by atoms with Crippen LogP contribution in [0.15, 0.2) is 138 Å². The minimum Gasteiger partial charge on any atom is -0.323 e. The zero-order chi connectivity index (χ0) is 32.5. The molecule has 0 heterocycles. The molecule has 5 aromatic rings. The Morgan fingerprint density at radius 1 is 0.739 bits per heavy atom. The molecular weight excluding hydrogens is 637 g/mol. The van der Waals surface area contributed by atoms with E-state index in [-0.39, 0.29) is 11.6 Å². The van der Waals surface area contributed by atoms with E-state index >= 15 is 0 Å². The average molecular weight is 667 g/mol. The minimum atomic E-state index is -0.603. The number of carbonyl (C=O) groups is 3. The summed E-state index contributed by atoms with van der Waals surface area (Å²) in [5.74, 6) is -1.14. The first-order chi connectivity index (χ1) is 22.3. The Morgan fingerprint density at radius 2 is 1.39 bits per heavy atom. The Labute approximate surface area is 281 Å². The highest BCUT2D eigenvalue weighted by Crippen LogP contribution is 2.37. The van der Waals surface area contributed by atoms with E-state index in [4.69, 9.17) is 23.2 Å². The Hall–Kier alpha value is -4.82. The lowest BCUT2D eigenvalue weighted by molar-refractivity contribution is -0.116. The first kappa shape index (κ1) is 32.6. The molecule has 0 aromatic heterocycles. The van der Waals surface area contributed by atoms with E-state index in [9.17, 15) is 14.4 Å². The van der Waals surface area contributed by atoms with Crippen LogP contribution in [0, 0.1) is 6.92 Å². The van der Waals surface area contributed by atoms with Gasteiger partial charge in [0.15, 0.2) is 0 Å². The number of benzene rings is 5. The van der Waals surface area contributed by atoms with Crippen molar-refractivity contribution in [3.05, 3.63) is 165 Å². The maximum Gasteiger partial charge on any atom is 0.272 e. The molecule has 1 atom stereocenters. The lowest BCUT2D eigenvalue weighted by atomic mass is 10.1. The quantitative estimate of drug-likeness (QED) is 0.103. The van der Waals surface area contributed by atoms with Crippen LogP contribution in [-0.2, 0) is 9.59 Å². The van der Waals surface area contributed by atoms with Crippen molar-refractivity contribution in [2.24, 2.45) is 0 Å². The third-order valence-electron chi connectivity index (χ3n) is 6.91. The first-order valence-electron chi connectivity index (χ1n) is 14.3. The number of rotatable bonds is 10. The number of thioether (sulfide) groups is 1. The summed E-state index contributed by atoms with van der Waals surface area (Å²) in [4.78, 5) is 40.8. The van der Waals surface area contributed by atoms with Crippen molar-refractivity contribution in [2.45, 2.75) is 17.1 Å². The SMILES string of the molecule is Cc1ccccc1/C=C(\NC(=O)c1ccccc1)C(=O)Nc1ccc(SC(C(=O)Nc2cc(Cl)ccc2Cl)c2ccccc2)cc1.